The largest absolute Gasteiger partial charge is 0.478 e. The van der Waals surface area contributed by atoms with Gasteiger partial charge in [-0.2, -0.15) is 0 Å². The molecule has 5 heteroatoms. The first-order chi connectivity index (χ1) is 13.4. The maximum Gasteiger partial charge on any atom is 0.335 e. The maximum absolute atomic E-state index is 10.8. The molecule has 0 atom stereocenters. The Bertz CT molecular complexity index is 1100. The fourth-order valence-corrected chi connectivity index (χ4v) is 3.12. The van der Waals surface area contributed by atoms with Gasteiger partial charge in [-0.15, -0.1) is 0 Å². The van der Waals surface area contributed by atoms with Crippen LogP contribution in [0.5, 0.6) is 0 Å². The van der Waals surface area contributed by atoms with Crippen LogP contribution in [-0.2, 0) is 19.5 Å². The van der Waals surface area contributed by atoms with E-state index in [1.165, 1.54) is 0 Å². The van der Waals surface area contributed by atoms with Crippen LogP contribution >= 0.6 is 0 Å². The van der Waals surface area contributed by atoms with Gasteiger partial charge in [-0.1, -0.05) is 48.5 Å². The van der Waals surface area contributed by atoms with Crippen molar-refractivity contribution in [1.29, 1.82) is 0 Å². The molecule has 0 fully saturated rings. The minimum Gasteiger partial charge on any atom is -0.478 e. The van der Waals surface area contributed by atoms with Gasteiger partial charge >= 0.3 is 11.9 Å². The van der Waals surface area contributed by atoms with Crippen LogP contribution in [0.4, 0.5) is 0 Å². The Morgan fingerprint density at radius 2 is 1.00 bits per heavy atom. The van der Waals surface area contributed by atoms with Gasteiger partial charge < -0.3 is 10.2 Å². The molecule has 0 aliphatic carbocycles. The molecule has 4 rings (SSSR count). The molecule has 0 saturated heterocycles. The molecule has 0 saturated carbocycles. The first kappa shape index (κ1) is 22.3. The maximum atomic E-state index is 10.8. The summed E-state index contributed by atoms with van der Waals surface area (Å²) in [6.45, 7) is 3.96. The van der Waals surface area contributed by atoms with Crippen LogP contribution in [0.25, 0.3) is 21.5 Å². The number of carboxylic acid groups (broad SMARTS) is 2. The van der Waals surface area contributed by atoms with E-state index in [1.807, 2.05) is 62.4 Å². The molecule has 0 aliphatic heterocycles. The van der Waals surface area contributed by atoms with Gasteiger partial charge in [-0.3, -0.25) is 0 Å². The Morgan fingerprint density at radius 3 is 1.34 bits per heavy atom. The zero-order valence-electron chi connectivity index (χ0n) is 16.3. The van der Waals surface area contributed by atoms with Crippen molar-refractivity contribution in [3.63, 3.8) is 0 Å². The summed E-state index contributed by atoms with van der Waals surface area (Å²) in [6, 6.07) is 22.2. The number of rotatable bonds is 2. The minimum absolute atomic E-state index is 0. The van der Waals surface area contributed by atoms with Crippen LogP contribution in [0.15, 0.2) is 72.8 Å². The molecule has 2 N–H and O–H groups in total. The molecule has 0 amide bonds. The van der Waals surface area contributed by atoms with Gasteiger partial charge in [0, 0.05) is 19.5 Å². The number of aryl methyl sites for hydroxylation is 2. The van der Waals surface area contributed by atoms with Gasteiger partial charge in [0.25, 0.3) is 0 Å². The van der Waals surface area contributed by atoms with Gasteiger partial charge in [0.15, 0.2) is 0 Å². The summed E-state index contributed by atoms with van der Waals surface area (Å²) >= 11 is 0. The third-order valence-electron chi connectivity index (χ3n) is 4.69. The Morgan fingerprint density at radius 1 is 0.621 bits per heavy atom. The third-order valence-corrected chi connectivity index (χ3v) is 4.69. The van der Waals surface area contributed by atoms with E-state index in [0.717, 1.165) is 32.7 Å². The number of benzene rings is 4. The predicted octanol–water partition coefficient (Wildman–Crippen LogP) is 5.69. The van der Waals surface area contributed by atoms with E-state index in [4.69, 9.17) is 10.2 Å². The summed E-state index contributed by atoms with van der Waals surface area (Å²) in [7, 11) is 0. The summed E-state index contributed by atoms with van der Waals surface area (Å²) in [5.41, 5.74) is 2.88. The van der Waals surface area contributed by atoms with Crippen molar-refractivity contribution in [1.82, 2.24) is 0 Å². The number of aromatic carboxylic acids is 2. The van der Waals surface area contributed by atoms with E-state index < -0.39 is 11.9 Å². The van der Waals surface area contributed by atoms with Crippen molar-refractivity contribution in [3.05, 3.63) is 95.1 Å². The Balaban J connectivity index is 0.000000200. The second-order valence-electron chi connectivity index (χ2n) is 6.63. The van der Waals surface area contributed by atoms with E-state index in [1.54, 1.807) is 24.3 Å². The summed E-state index contributed by atoms with van der Waals surface area (Å²) in [5.74, 6) is -1.76. The summed E-state index contributed by atoms with van der Waals surface area (Å²) in [4.78, 5) is 21.5. The molecule has 4 aromatic rings. The van der Waals surface area contributed by atoms with Gasteiger partial charge in [-0.25, -0.2) is 9.59 Å². The number of fused-ring (bicyclic) bond motifs is 2. The van der Waals surface area contributed by atoms with E-state index in [2.05, 4.69) is 0 Å². The summed E-state index contributed by atoms with van der Waals surface area (Å²) in [5, 5.41) is 21.8. The van der Waals surface area contributed by atoms with Crippen molar-refractivity contribution in [2.24, 2.45) is 0 Å². The van der Waals surface area contributed by atoms with Crippen molar-refractivity contribution >= 4 is 33.5 Å². The smallest absolute Gasteiger partial charge is 0.335 e. The zero-order valence-corrected chi connectivity index (χ0v) is 19.3. The minimum atomic E-state index is -0.879. The molecule has 0 aromatic heterocycles. The van der Waals surface area contributed by atoms with Gasteiger partial charge in [0.05, 0.1) is 11.1 Å². The SMILES string of the molecule is Cc1cccc2ccc(C(=O)O)cc12.Cc1cccc2ccc(C(=O)O)cc12.[Zn]. The van der Waals surface area contributed by atoms with Crippen LogP contribution in [0, 0.1) is 13.8 Å². The average molecular weight is 438 g/mol. The second kappa shape index (κ2) is 9.44. The number of carbonyl (C=O) groups is 2. The van der Waals surface area contributed by atoms with Crippen molar-refractivity contribution < 1.29 is 39.3 Å². The Hall–Kier alpha value is -3.04. The van der Waals surface area contributed by atoms with Crippen LogP contribution in [0.1, 0.15) is 31.8 Å². The molecule has 4 nitrogen and oxygen atoms in total. The Labute approximate surface area is 181 Å². The topological polar surface area (TPSA) is 74.6 Å². The first-order valence-corrected chi connectivity index (χ1v) is 8.82. The second-order valence-corrected chi connectivity index (χ2v) is 6.63. The van der Waals surface area contributed by atoms with Crippen molar-refractivity contribution in [2.45, 2.75) is 13.8 Å². The van der Waals surface area contributed by atoms with E-state index >= 15 is 0 Å². The van der Waals surface area contributed by atoms with Crippen LogP contribution in [-0.4, -0.2) is 22.2 Å². The third kappa shape index (κ3) is 5.07. The van der Waals surface area contributed by atoms with Crippen LogP contribution in [0.2, 0.25) is 0 Å². The summed E-state index contributed by atoms with van der Waals surface area (Å²) < 4.78 is 0. The van der Waals surface area contributed by atoms with Crippen molar-refractivity contribution in [3.8, 4) is 0 Å². The molecule has 0 radical (unpaired) electrons. The Kier molecular flexibility index (Phi) is 7.25. The molecule has 29 heavy (non-hydrogen) atoms. The molecule has 0 aliphatic rings. The standard InChI is InChI=1S/2C12H10O2.Zn/c2*1-8-3-2-4-9-5-6-10(12(13)14)7-11(8)9;/h2*2-7H,1H3,(H,13,14);. The normalized spacial score (nSPS) is 10.0. The van der Waals surface area contributed by atoms with E-state index in [0.29, 0.717) is 11.1 Å². The quantitative estimate of drug-likeness (QED) is 0.395. The average Bonchev–Trinajstić information content (AvgIpc) is 2.68. The molecule has 0 bridgehead atoms. The zero-order chi connectivity index (χ0) is 20.3. The monoisotopic (exact) mass is 436 g/mol. The predicted molar refractivity (Wildman–Crippen MR) is 111 cm³/mol. The molecule has 0 spiro atoms. The molecule has 0 heterocycles. The number of hydrogen-bond donors (Lipinski definition) is 2. The van der Waals surface area contributed by atoms with Crippen LogP contribution < -0.4 is 0 Å². The molecular weight excluding hydrogens is 418 g/mol. The number of hydrogen-bond acceptors (Lipinski definition) is 2. The summed E-state index contributed by atoms with van der Waals surface area (Å²) in [6.07, 6.45) is 0. The van der Waals surface area contributed by atoms with Crippen LogP contribution in [0.3, 0.4) is 0 Å². The van der Waals surface area contributed by atoms with Crippen molar-refractivity contribution in [2.75, 3.05) is 0 Å². The van der Waals surface area contributed by atoms with E-state index in [9.17, 15) is 9.59 Å². The number of carboxylic acids is 2. The molecular formula is C24H20O4Zn. The molecule has 0 unspecified atom stereocenters. The van der Waals surface area contributed by atoms with Gasteiger partial charge in [0.2, 0.25) is 0 Å². The molecule has 142 valence electrons. The van der Waals surface area contributed by atoms with Gasteiger partial charge in [0.1, 0.15) is 0 Å². The first-order valence-electron chi connectivity index (χ1n) is 8.82. The molecule has 4 aromatic carbocycles. The fourth-order valence-electron chi connectivity index (χ4n) is 3.12. The van der Waals surface area contributed by atoms with E-state index in [-0.39, 0.29) is 19.5 Å². The van der Waals surface area contributed by atoms with Gasteiger partial charge in [-0.05, 0) is 70.8 Å². The fraction of sp³-hybridized carbons (Fsp3) is 0.0833.